The lowest BCUT2D eigenvalue weighted by Crippen LogP contribution is -2.34. The molecule has 0 saturated carbocycles. The molecule has 6 heteroatoms. The van der Waals surface area contributed by atoms with E-state index in [0.717, 1.165) is 0 Å². The Morgan fingerprint density at radius 2 is 2.11 bits per heavy atom. The molecule has 0 atom stereocenters. The minimum absolute atomic E-state index is 0.202. The molecule has 5 nitrogen and oxygen atoms in total. The quantitative estimate of drug-likeness (QED) is 0.862. The van der Waals surface area contributed by atoms with Crippen LogP contribution in [0.1, 0.15) is 20.8 Å². The number of imidazole rings is 1. The van der Waals surface area contributed by atoms with Gasteiger partial charge in [-0.15, -0.1) is 0 Å². The van der Waals surface area contributed by atoms with E-state index in [0.29, 0.717) is 5.52 Å². The van der Waals surface area contributed by atoms with Gasteiger partial charge in [-0.05, 0) is 32.9 Å². The van der Waals surface area contributed by atoms with Crippen molar-refractivity contribution in [2.24, 2.45) is 0 Å². The van der Waals surface area contributed by atoms with Gasteiger partial charge in [-0.3, -0.25) is 4.90 Å². The number of para-hydroxylation sites is 1. The predicted octanol–water partition coefficient (Wildman–Crippen LogP) is 3.07. The molecule has 0 spiro atoms. The topological polar surface area (TPSA) is 58.2 Å². The number of hydrogen-bond acceptors (Lipinski definition) is 3. The number of aromatic amines is 1. The second-order valence-electron chi connectivity index (χ2n) is 5.24. The van der Waals surface area contributed by atoms with E-state index >= 15 is 0 Å². The van der Waals surface area contributed by atoms with Gasteiger partial charge in [-0.25, -0.2) is 14.2 Å². The Morgan fingerprint density at radius 1 is 1.42 bits per heavy atom. The van der Waals surface area contributed by atoms with E-state index in [2.05, 4.69) is 9.97 Å². The van der Waals surface area contributed by atoms with Crippen LogP contribution in [0.5, 0.6) is 0 Å². The molecule has 1 aromatic carbocycles. The number of benzene rings is 1. The first kappa shape index (κ1) is 13.3. The van der Waals surface area contributed by atoms with E-state index in [9.17, 15) is 9.18 Å². The largest absolute Gasteiger partial charge is 0.443 e. The van der Waals surface area contributed by atoms with E-state index in [-0.39, 0.29) is 11.5 Å². The van der Waals surface area contributed by atoms with Crippen LogP contribution in [-0.2, 0) is 4.74 Å². The van der Waals surface area contributed by atoms with Crippen molar-refractivity contribution in [3.63, 3.8) is 0 Å². The number of nitrogens with zero attached hydrogens (tertiary/aromatic N) is 2. The lowest BCUT2D eigenvalue weighted by Gasteiger charge is -2.23. The van der Waals surface area contributed by atoms with Gasteiger partial charge in [-0.1, -0.05) is 6.07 Å². The fourth-order valence-corrected chi connectivity index (χ4v) is 1.56. The summed E-state index contributed by atoms with van der Waals surface area (Å²) in [5, 5.41) is 0. The van der Waals surface area contributed by atoms with Crippen molar-refractivity contribution >= 4 is 23.1 Å². The molecule has 102 valence electrons. The lowest BCUT2D eigenvalue weighted by atomic mass is 10.2. The number of ether oxygens (including phenoxy) is 1. The molecule has 0 aliphatic rings. The van der Waals surface area contributed by atoms with Crippen molar-refractivity contribution < 1.29 is 13.9 Å². The summed E-state index contributed by atoms with van der Waals surface area (Å²) < 4.78 is 18.7. The minimum atomic E-state index is -0.595. The maximum atomic E-state index is 13.5. The lowest BCUT2D eigenvalue weighted by molar-refractivity contribution is 0.0587. The third-order valence-corrected chi connectivity index (χ3v) is 2.44. The summed E-state index contributed by atoms with van der Waals surface area (Å²) >= 11 is 0. The second-order valence-corrected chi connectivity index (χ2v) is 5.24. The number of aromatic nitrogens is 2. The number of H-pyrrole nitrogens is 1. The van der Waals surface area contributed by atoms with E-state index in [4.69, 9.17) is 4.74 Å². The molecule has 1 amide bonds. The number of carbonyl (C=O) groups excluding carboxylic acids is 1. The van der Waals surface area contributed by atoms with Crippen LogP contribution >= 0.6 is 0 Å². The predicted molar refractivity (Wildman–Crippen MR) is 70.7 cm³/mol. The summed E-state index contributed by atoms with van der Waals surface area (Å²) in [5.41, 5.74) is 0.140. The van der Waals surface area contributed by atoms with Gasteiger partial charge in [0.05, 0.1) is 5.52 Å². The van der Waals surface area contributed by atoms with Gasteiger partial charge in [0, 0.05) is 7.05 Å². The number of halogens is 1. The number of rotatable bonds is 1. The molecule has 0 saturated heterocycles. The van der Waals surface area contributed by atoms with Gasteiger partial charge in [0.15, 0.2) is 5.82 Å². The van der Waals surface area contributed by atoms with Gasteiger partial charge < -0.3 is 9.72 Å². The van der Waals surface area contributed by atoms with Gasteiger partial charge >= 0.3 is 6.09 Å². The monoisotopic (exact) mass is 265 g/mol. The van der Waals surface area contributed by atoms with Crippen LogP contribution in [-0.4, -0.2) is 28.7 Å². The zero-order valence-electron chi connectivity index (χ0n) is 11.3. The molecule has 0 unspecified atom stereocenters. The van der Waals surface area contributed by atoms with Crippen molar-refractivity contribution in [2.45, 2.75) is 26.4 Å². The van der Waals surface area contributed by atoms with Crippen LogP contribution in [0.2, 0.25) is 0 Å². The molecule has 1 heterocycles. The molecule has 0 aliphatic carbocycles. The van der Waals surface area contributed by atoms with E-state index in [1.807, 2.05) is 0 Å². The van der Waals surface area contributed by atoms with Crippen LogP contribution in [0.4, 0.5) is 15.1 Å². The smallest absolute Gasteiger partial charge is 0.416 e. The van der Waals surface area contributed by atoms with E-state index < -0.39 is 17.5 Å². The molecule has 1 aromatic heterocycles. The summed E-state index contributed by atoms with van der Waals surface area (Å²) in [6.45, 7) is 5.32. The van der Waals surface area contributed by atoms with Crippen LogP contribution < -0.4 is 4.90 Å². The fourth-order valence-electron chi connectivity index (χ4n) is 1.56. The van der Waals surface area contributed by atoms with E-state index in [1.165, 1.54) is 18.0 Å². The number of hydrogen-bond donors (Lipinski definition) is 1. The molecule has 0 bridgehead atoms. The zero-order chi connectivity index (χ0) is 14.2. The normalized spacial score (nSPS) is 11.6. The van der Waals surface area contributed by atoms with Crippen LogP contribution in [0.15, 0.2) is 18.2 Å². The standard InChI is InChI=1S/C13H16FN3O2/c1-13(2,3)19-12(18)17(4)11-15-9-7-5-6-8(14)10(9)16-11/h5-7H,1-4H3,(H,15,16). The maximum absolute atomic E-state index is 13.5. The first-order valence-corrected chi connectivity index (χ1v) is 5.89. The van der Waals surface area contributed by atoms with Gasteiger partial charge in [0.2, 0.25) is 5.95 Å². The summed E-state index contributed by atoms with van der Waals surface area (Å²) in [7, 11) is 1.52. The second kappa shape index (κ2) is 4.53. The number of carbonyl (C=O) groups is 1. The number of amides is 1. The van der Waals surface area contributed by atoms with Crippen molar-refractivity contribution in [1.82, 2.24) is 9.97 Å². The summed E-state index contributed by atoms with van der Waals surface area (Å²) in [5.74, 6) is -0.188. The Hall–Kier alpha value is -2.11. The highest BCUT2D eigenvalue weighted by molar-refractivity contribution is 5.88. The van der Waals surface area contributed by atoms with Crippen LogP contribution in [0.25, 0.3) is 11.0 Å². The average molecular weight is 265 g/mol. The molecular formula is C13H16FN3O2. The maximum Gasteiger partial charge on any atom is 0.416 e. The highest BCUT2D eigenvalue weighted by Gasteiger charge is 2.22. The summed E-state index contributed by atoms with van der Waals surface area (Å²) in [6.07, 6.45) is -0.549. The highest BCUT2D eigenvalue weighted by atomic mass is 19.1. The third kappa shape index (κ3) is 2.83. The van der Waals surface area contributed by atoms with E-state index in [1.54, 1.807) is 32.9 Å². The van der Waals surface area contributed by atoms with Crippen molar-refractivity contribution in [3.05, 3.63) is 24.0 Å². The zero-order valence-corrected chi connectivity index (χ0v) is 11.3. The first-order valence-electron chi connectivity index (χ1n) is 5.89. The third-order valence-electron chi connectivity index (χ3n) is 2.44. The highest BCUT2D eigenvalue weighted by Crippen LogP contribution is 2.20. The molecule has 1 N–H and O–H groups in total. The first-order chi connectivity index (χ1) is 8.78. The molecule has 0 radical (unpaired) electrons. The minimum Gasteiger partial charge on any atom is -0.443 e. The molecule has 2 aromatic rings. The van der Waals surface area contributed by atoms with Crippen molar-refractivity contribution in [1.29, 1.82) is 0 Å². The average Bonchev–Trinajstić information content (AvgIpc) is 2.71. The molecule has 0 aliphatic heterocycles. The van der Waals surface area contributed by atoms with Gasteiger partial charge in [0.1, 0.15) is 11.1 Å². The van der Waals surface area contributed by atoms with Crippen molar-refractivity contribution in [2.75, 3.05) is 11.9 Å². The Labute approximate surface area is 110 Å². The van der Waals surface area contributed by atoms with Gasteiger partial charge in [-0.2, -0.15) is 0 Å². The molecule has 2 rings (SSSR count). The summed E-state index contributed by atoms with van der Waals surface area (Å²) in [6, 6.07) is 4.59. The van der Waals surface area contributed by atoms with Crippen LogP contribution in [0.3, 0.4) is 0 Å². The Bertz CT molecular complexity index is 616. The molecular weight excluding hydrogens is 249 g/mol. The summed E-state index contributed by atoms with van der Waals surface area (Å²) in [4.78, 5) is 20.0. The SMILES string of the molecule is CN(C(=O)OC(C)(C)C)c1nc2c(F)cccc2[nH]1. The van der Waals surface area contributed by atoms with Gasteiger partial charge in [0.25, 0.3) is 0 Å². The fraction of sp³-hybridized carbons (Fsp3) is 0.385. The Kier molecular flexibility index (Phi) is 3.18. The Morgan fingerprint density at radius 3 is 2.68 bits per heavy atom. The Balaban J connectivity index is 2.29. The number of anilines is 1. The number of fused-ring (bicyclic) bond motifs is 1. The number of nitrogens with one attached hydrogen (secondary N) is 1. The van der Waals surface area contributed by atoms with Crippen LogP contribution in [0, 0.1) is 5.82 Å². The molecule has 0 fully saturated rings. The molecule has 19 heavy (non-hydrogen) atoms. The van der Waals surface area contributed by atoms with Crippen molar-refractivity contribution in [3.8, 4) is 0 Å².